The van der Waals surface area contributed by atoms with Crippen molar-refractivity contribution in [2.24, 2.45) is 0 Å². The minimum atomic E-state index is 0. The predicted octanol–water partition coefficient (Wildman–Crippen LogP) is 0.690. The van der Waals surface area contributed by atoms with Crippen LogP contribution < -0.4 is 0 Å². The molecular formula is C3H11OUVW-. The van der Waals surface area contributed by atoms with E-state index in [2.05, 4.69) is 0 Å². The fraction of sp³-hybridized carbons (Fsp3) is 0.667. The molecule has 0 aliphatic carbocycles. The average molecular weight is 538 g/mol. The topological polar surface area (TPSA) is 20.2 Å². The number of aliphatic hydroxyl groups is 1. The number of hydrogen-bond acceptors (Lipinski definition) is 1. The SMILES string of the molecule is CCO.[3HH].[CH3-].[U].[V].[W]. The molecule has 0 aromatic heterocycles. The second-order valence-corrected chi connectivity index (χ2v) is 0.316. The van der Waals surface area contributed by atoms with Gasteiger partial charge in [-0.3, -0.25) is 0 Å². The van der Waals surface area contributed by atoms with Crippen molar-refractivity contribution in [1.29, 1.82) is 0 Å². The van der Waals surface area contributed by atoms with Crippen LogP contribution in [0.1, 0.15) is 8.35 Å². The van der Waals surface area contributed by atoms with E-state index in [1.165, 1.54) is 0 Å². The van der Waals surface area contributed by atoms with Gasteiger partial charge in [0.05, 0.1) is 0 Å². The van der Waals surface area contributed by atoms with Gasteiger partial charge in [0.1, 0.15) is 0 Å². The Morgan fingerprint density at radius 3 is 1.57 bits per heavy atom. The summed E-state index contributed by atoms with van der Waals surface area (Å²) in [5.41, 5.74) is 0. The van der Waals surface area contributed by atoms with Crippen molar-refractivity contribution >= 4 is 0 Å². The standard InChI is InChI=1S/C2H6O.CH3.U.V.W.H2/c1-2-3;;;;;/h3H,2H2,1H3;1H3;;;;1H/q;-1;;;;/i;;;;;1+2. The van der Waals surface area contributed by atoms with Crippen LogP contribution in [0.2, 0.25) is 0 Å². The quantitative estimate of drug-likeness (QED) is 0.451. The summed E-state index contributed by atoms with van der Waals surface area (Å²) in [5.74, 6) is 0. The van der Waals surface area contributed by atoms with Crippen molar-refractivity contribution < 1.29 is 77.3 Å². The van der Waals surface area contributed by atoms with Crippen LogP contribution in [-0.2, 0) is 39.6 Å². The van der Waals surface area contributed by atoms with Crippen LogP contribution in [0.5, 0.6) is 0 Å². The first-order chi connectivity index (χ1) is 1.41. The molecule has 0 atom stereocenters. The van der Waals surface area contributed by atoms with Crippen molar-refractivity contribution in [3.63, 3.8) is 0 Å². The van der Waals surface area contributed by atoms with E-state index in [0.717, 1.165) is 0 Å². The van der Waals surface area contributed by atoms with Gasteiger partial charge in [-0.1, -0.05) is 0 Å². The minimum absolute atomic E-state index is 0. The molecule has 1 radical (unpaired) electrons. The molecule has 0 fully saturated rings. The smallest absolute Gasteiger partial charge is 0.0402 e. The largest absolute Gasteiger partial charge is 0.397 e. The Balaban J connectivity index is -0.00000000200. The average Bonchev–Trinajstić information content (AvgIpc) is 0.918. The van der Waals surface area contributed by atoms with Gasteiger partial charge in [-0.15, -0.1) is 0 Å². The van der Waals surface area contributed by atoms with E-state index in [4.69, 9.17) is 5.11 Å². The molecule has 0 aromatic rings. The third kappa shape index (κ3) is 62.7. The van der Waals surface area contributed by atoms with Crippen molar-refractivity contribution in [2.45, 2.75) is 6.92 Å². The van der Waals surface area contributed by atoms with Gasteiger partial charge in [0, 0.05) is 78.8 Å². The van der Waals surface area contributed by atoms with Crippen molar-refractivity contribution in [2.75, 3.05) is 6.61 Å². The Hall–Kier alpha value is 2.28. The van der Waals surface area contributed by atoms with Gasteiger partial charge in [-0.2, -0.15) is 0 Å². The molecule has 0 aliphatic rings. The van der Waals surface area contributed by atoms with Crippen LogP contribution in [0.15, 0.2) is 0 Å². The normalized spacial score (nSPS) is 2.57. The van der Waals surface area contributed by atoms with Gasteiger partial charge in [0.2, 0.25) is 0 Å². The fourth-order valence-electron chi connectivity index (χ4n) is 0. The summed E-state index contributed by atoms with van der Waals surface area (Å²) in [6.07, 6.45) is 0. The third-order valence-corrected chi connectivity index (χ3v) is 0. The van der Waals surface area contributed by atoms with Crippen molar-refractivity contribution in [3.8, 4) is 0 Å². The van der Waals surface area contributed by atoms with Crippen LogP contribution in [-0.4, -0.2) is 11.7 Å². The zero-order chi connectivity index (χ0) is 2.71. The molecule has 0 amide bonds. The van der Waals surface area contributed by atoms with Gasteiger partial charge < -0.3 is 12.5 Å². The molecule has 0 spiro atoms. The summed E-state index contributed by atoms with van der Waals surface area (Å²) in [5, 5.41) is 7.57. The second-order valence-electron chi connectivity index (χ2n) is 0.316. The summed E-state index contributed by atoms with van der Waals surface area (Å²) in [7, 11) is 0. The van der Waals surface area contributed by atoms with E-state index in [0.29, 0.717) is 0 Å². The van der Waals surface area contributed by atoms with E-state index >= 15 is 0 Å². The van der Waals surface area contributed by atoms with Crippen LogP contribution in [0.25, 0.3) is 0 Å². The molecule has 7 heavy (non-hydrogen) atoms. The molecule has 0 aromatic carbocycles. The Bertz CT molecular complexity index is 19.2. The summed E-state index contributed by atoms with van der Waals surface area (Å²) >= 11 is 0. The molecule has 1 N–H and O–H groups in total. The first-order valence-electron chi connectivity index (χ1n) is 1.02. The third-order valence-electron chi connectivity index (χ3n) is 0. The van der Waals surface area contributed by atoms with Crippen LogP contribution in [0.4, 0.5) is 0 Å². The van der Waals surface area contributed by atoms with Crippen molar-refractivity contribution in [3.05, 3.63) is 7.43 Å². The molecule has 0 aliphatic heterocycles. The zero-order valence-electron chi connectivity index (χ0n) is 4.51. The Kier molecular flexibility index (Phi) is 202. The molecule has 0 rings (SSSR count). The van der Waals surface area contributed by atoms with E-state index in [-0.39, 0.29) is 86.2 Å². The van der Waals surface area contributed by atoms with Crippen LogP contribution in [0, 0.1) is 38.5 Å². The predicted molar refractivity (Wildman–Crippen MR) is 21.3 cm³/mol. The van der Waals surface area contributed by atoms with E-state index in [1.54, 1.807) is 6.92 Å². The first-order valence-corrected chi connectivity index (χ1v) is 1.02. The minimum Gasteiger partial charge on any atom is -0.397 e. The maximum absolute atomic E-state index is 7.57. The first kappa shape index (κ1) is 34.7. The van der Waals surface area contributed by atoms with E-state index < -0.39 is 0 Å². The van der Waals surface area contributed by atoms with Crippen LogP contribution in [0.3, 0.4) is 0 Å². The zero-order valence-corrected chi connectivity index (χ0v) is 13.0. The summed E-state index contributed by atoms with van der Waals surface area (Å²) in [6, 6.07) is 0. The van der Waals surface area contributed by atoms with Gasteiger partial charge in [-0.25, -0.2) is 0 Å². The Morgan fingerprint density at radius 2 is 1.57 bits per heavy atom. The van der Waals surface area contributed by atoms with Crippen molar-refractivity contribution in [1.82, 2.24) is 0 Å². The molecule has 0 saturated carbocycles. The second kappa shape index (κ2) is 40.7. The molecule has 0 unspecified atom stereocenters. The molecule has 0 saturated heterocycles. The van der Waals surface area contributed by atoms with Gasteiger partial charge in [0.25, 0.3) is 0 Å². The maximum Gasteiger partial charge on any atom is 0.0402 e. The van der Waals surface area contributed by atoms with Gasteiger partial charge in [-0.05, 0) is 6.92 Å². The van der Waals surface area contributed by atoms with Gasteiger partial charge >= 0.3 is 0 Å². The molecule has 1 nitrogen and oxygen atoms in total. The summed E-state index contributed by atoms with van der Waals surface area (Å²) in [6.45, 7) is 1.93. The molecule has 45 valence electrons. The monoisotopic (exact) mass is 538 g/mol. The number of rotatable bonds is 0. The van der Waals surface area contributed by atoms with E-state index in [1.807, 2.05) is 0 Å². The maximum atomic E-state index is 7.57. The molecular weight excluding hydrogens is 525 g/mol. The molecule has 4 heteroatoms. The molecule has 0 bridgehead atoms. The molecule has 0 heterocycles. The summed E-state index contributed by atoms with van der Waals surface area (Å²) < 4.78 is 0. The summed E-state index contributed by atoms with van der Waals surface area (Å²) in [4.78, 5) is 0. The number of aliphatic hydroxyl groups excluding tert-OH is 1. The number of hydrogen-bond donors (Lipinski definition) is 1. The van der Waals surface area contributed by atoms with Gasteiger partial charge in [0.15, 0.2) is 0 Å². The van der Waals surface area contributed by atoms with Crippen LogP contribution >= 0.6 is 0 Å². The Labute approximate surface area is 97.0 Å². The van der Waals surface area contributed by atoms with E-state index in [9.17, 15) is 0 Å². The Morgan fingerprint density at radius 1 is 1.57 bits per heavy atom. The fourth-order valence-corrected chi connectivity index (χ4v) is 0.